The average molecular weight is 447 g/mol. The largest absolute Gasteiger partial charge is 0.343 e. The summed E-state index contributed by atoms with van der Waals surface area (Å²) in [5.41, 5.74) is 6.80. The van der Waals surface area contributed by atoms with Crippen LogP contribution in [0.25, 0.3) is 44.5 Å². The number of rotatable bonds is 3. The Morgan fingerprint density at radius 1 is 0.912 bits per heavy atom. The van der Waals surface area contributed by atoms with Crippen LogP contribution in [0.1, 0.15) is 30.5 Å². The zero-order valence-electron chi connectivity index (χ0n) is 18.7. The molecule has 1 N–H and O–H groups in total. The van der Waals surface area contributed by atoms with Crippen LogP contribution in [0, 0.1) is 6.92 Å². The molecule has 2 aromatic carbocycles. The number of carbonyl (C=O) groups is 1. The molecule has 3 heterocycles. The smallest absolute Gasteiger partial charge is 0.282 e. The van der Waals surface area contributed by atoms with E-state index in [0.29, 0.717) is 23.3 Å². The molecule has 0 saturated heterocycles. The van der Waals surface area contributed by atoms with E-state index < -0.39 is 0 Å². The Bertz CT molecular complexity index is 1680. The molecule has 0 fully saturated rings. The highest BCUT2D eigenvalue weighted by molar-refractivity contribution is 6.02. The molecule has 6 nitrogen and oxygen atoms in total. The summed E-state index contributed by atoms with van der Waals surface area (Å²) in [6, 6.07) is 19.5. The molecule has 0 aliphatic heterocycles. The van der Waals surface area contributed by atoms with Crippen LogP contribution in [0.5, 0.6) is 0 Å². The molecular weight excluding hydrogens is 424 g/mol. The Morgan fingerprint density at radius 3 is 2.59 bits per heavy atom. The fraction of sp³-hybridized carbons (Fsp3) is 0.143. The van der Waals surface area contributed by atoms with Crippen molar-refractivity contribution < 1.29 is 4.79 Å². The Labute approximate surface area is 195 Å². The average Bonchev–Trinajstić information content (AvgIpc) is 3.24. The molecule has 0 unspecified atom stereocenters. The number of H-pyrrole nitrogens is 1. The number of aromatic nitrogens is 4. The van der Waals surface area contributed by atoms with Gasteiger partial charge in [0.2, 0.25) is 0 Å². The molecule has 0 bridgehead atoms. The second-order valence-electron chi connectivity index (χ2n) is 8.68. The van der Waals surface area contributed by atoms with Gasteiger partial charge in [-0.05, 0) is 55.2 Å². The monoisotopic (exact) mass is 446 g/mol. The fourth-order valence-electron chi connectivity index (χ4n) is 4.85. The first-order valence-electron chi connectivity index (χ1n) is 11.4. The predicted molar refractivity (Wildman–Crippen MR) is 134 cm³/mol. The third-order valence-electron chi connectivity index (χ3n) is 6.44. The number of benzene rings is 2. The van der Waals surface area contributed by atoms with Crippen molar-refractivity contribution in [2.75, 3.05) is 0 Å². The number of aryl methyl sites for hydroxylation is 1. The maximum Gasteiger partial charge on any atom is 0.282 e. The summed E-state index contributed by atoms with van der Waals surface area (Å²) in [5.74, 6) is 0.111. The predicted octanol–water partition coefficient (Wildman–Crippen LogP) is 5.35. The summed E-state index contributed by atoms with van der Waals surface area (Å²) in [5, 5.41) is 5.75. The van der Waals surface area contributed by atoms with Crippen molar-refractivity contribution in [3.05, 3.63) is 94.5 Å². The van der Waals surface area contributed by atoms with Gasteiger partial charge in [-0.15, -0.1) is 0 Å². The Kier molecular flexibility index (Phi) is 4.73. The number of ketones is 1. The number of pyridine rings is 1. The van der Waals surface area contributed by atoms with Crippen molar-refractivity contribution in [1.29, 1.82) is 0 Å². The van der Waals surface area contributed by atoms with Gasteiger partial charge < -0.3 is 4.98 Å². The Balaban J connectivity index is 1.64. The second-order valence-corrected chi connectivity index (χ2v) is 8.68. The Hall–Kier alpha value is -4.32. The molecule has 1 aliphatic carbocycles. The molecule has 34 heavy (non-hydrogen) atoms. The molecule has 0 spiro atoms. The van der Waals surface area contributed by atoms with E-state index in [2.05, 4.69) is 9.97 Å². The third-order valence-corrected chi connectivity index (χ3v) is 6.44. The van der Waals surface area contributed by atoms with Crippen LogP contribution >= 0.6 is 0 Å². The van der Waals surface area contributed by atoms with Crippen molar-refractivity contribution >= 4 is 27.9 Å². The van der Waals surface area contributed by atoms with Crippen molar-refractivity contribution in [3.63, 3.8) is 0 Å². The molecule has 0 saturated carbocycles. The molecule has 6 rings (SSSR count). The van der Waals surface area contributed by atoms with Gasteiger partial charge in [-0.2, -0.15) is 9.61 Å². The van der Waals surface area contributed by atoms with Crippen LogP contribution in [0.2, 0.25) is 0 Å². The van der Waals surface area contributed by atoms with Crippen LogP contribution in [0.3, 0.4) is 0 Å². The van der Waals surface area contributed by atoms with Gasteiger partial charge in [0, 0.05) is 34.8 Å². The van der Waals surface area contributed by atoms with E-state index in [4.69, 9.17) is 5.10 Å². The van der Waals surface area contributed by atoms with Crippen LogP contribution in [-0.2, 0) is 4.79 Å². The zero-order valence-corrected chi connectivity index (χ0v) is 18.7. The minimum absolute atomic E-state index is 0.111. The lowest BCUT2D eigenvalue weighted by Crippen LogP contribution is -2.19. The van der Waals surface area contributed by atoms with Crippen LogP contribution in [0.4, 0.5) is 0 Å². The van der Waals surface area contributed by atoms with Gasteiger partial charge in [-0.3, -0.25) is 14.6 Å². The van der Waals surface area contributed by atoms with Crippen LogP contribution in [-0.4, -0.2) is 25.4 Å². The number of carbonyl (C=O) groups excluding carboxylic acids is 1. The fourth-order valence-corrected chi connectivity index (χ4v) is 4.85. The van der Waals surface area contributed by atoms with Crippen molar-refractivity contribution in [2.45, 2.75) is 26.2 Å². The number of nitrogens with zero attached hydrogens (tertiary/aromatic N) is 3. The number of aromatic amines is 1. The van der Waals surface area contributed by atoms with Crippen molar-refractivity contribution in [1.82, 2.24) is 19.6 Å². The quantitative estimate of drug-likeness (QED) is 0.405. The number of fused-ring (bicyclic) bond motifs is 2. The molecule has 0 amide bonds. The summed E-state index contributed by atoms with van der Waals surface area (Å²) >= 11 is 0. The highest BCUT2D eigenvalue weighted by Crippen LogP contribution is 2.36. The van der Waals surface area contributed by atoms with Gasteiger partial charge in [-0.1, -0.05) is 42.5 Å². The maximum atomic E-state index is 13.8. The summed E-state index contributed by atoms with van der Waals surface area (Å²) in [4.78, 5) is 33.9. The summed E-state index contributed by atoms with van der Waals surface area (Å²) in [6.07, 6.45) is 5.59. The van der Waals surface area contributed by atoms with Crippen molar-refractivity contribution in [3.8, 4) is 22.4 Å². The van der Waals surface area contributed by atoms with E-state index in [1.807, 2.05) is 67.6 Å². The number of hydrogen-bond donors (Lipinski definition) is 1. The molecule has 6 heteroatoms. The lowest BCUT2D eigenvalue weighted by Gasteiger charge is -2.13. The zero-order chi connectivity index (χ0) is 23.2. The second kappa shape index (κ2) is 7.92. The van der Waals surface area contributed by atoms with Gasteiger partial charge in [0.1, 0.15) is 11.3 Å². The van der Waals surface area contributed by atoms with Gasteiger partial charge in [0.25, 0.3) is 5.56 Å². The van der Waals surface area contributed by atoms with Crippen LogP contribution in [0.15, 0.2) is 77.7 Å². The van der Waals surface area contributed by atoms with Gasteiger partial charge >= 0.3 is 0 Å². The van der Waals surface area contributed by atoms with E-state index in [0.717, 1.165) is 51.7 Å². The topological polar surface area (TPSA) is 80.1 Å². The van der Waals surface area contributed by atoms with E-state index in [1.165, 1.54) is 4.52 Å². The standard InChI is InChI=1S/C28H22N4O2/c1-17-24(21-12-13-23-19(15-21)10-6-14-29-23)28(34)32-27(30-17)25(20-9-5-11-22(33)16-20)26(31-32)18-7-3-2-4-8-18/h2-4,6-8,10,12-16,30H,5,9,11H2,1H3. The first-order valence-corrected chi connectivity index (χ1v) is 11.4. The third kappa shape index (κ3) is 3.27. The van der Waals surface area contributed by atoms with Gasteiger partial charge in [0.05, 0.1) is 11.1 Å². The van der Waals surface area contributed by atoms with Crippen molar-refractivity contribution in [2.24, 2.45) is 0 Å². The lowest BCUT2D eigenvalue weighted by molar-refractivity contribution is -0.114. The number of hydrogen-bond acceptors (Lipinski definition) is 4. The first kappa shape index (κ1) is 20.3. The number of allylic oxidation sites excluding steroid dienone is 2. The molecule has 5 aromatic rings. The van der Waals surface area contributed by atoms with E-state index >= 15 is 0 Å². The Morgan fingerprint density at radius 2 is 1.76 bits per heavy atom. The summed E-state index contributed by atoms with van der Waals surface area (Å²) in [7, 11) is 0. The molecule has 166 valence electrons. The molecule has 0 atom stereocenters. The first-order chi connectivity index (χ1) is 16.6. The molecule has 3 aromatic heterocycles. The molecule has 1 aliphatic rings. The SMILES string of the molecule is Cc1[nH]c2c(C3=CC(=O)CCC3)c(-c3ccccc3)nn2c(=O)c1-c1ccc2ncccc2c1. The molecule has 0 radical (unpaired) electrons. The van der Waals surface area contributed by atoms with Crippen LogP contribution < -0.4 is 5.56 Å². The minimum atomic E-state index is -0.194. The highest BCUT2D eigenvalue weighted by atomic mass is 16.1. The lowest BCUT2D eigenvalue weighted by atomic mass is 9.91. The van der Waals surface area contributed by atoms with E-state index in [-0.39, 0.29) is 11.3 Å². The summed E-state index contributed by atoms with van der Waals surface area (Å²) < 4.78 is 1.45. The molecular formula is C28H22N4O2. The summed E-state index contributed by atoms with van der Waals surface area (Å²) in [6.45, 7) is 1.91. The minimum Gasteiger partial charge on any atom is -0.343 e. The maximum absolute atomic E-state index is 13.8. The van der Waals surface area contributed by atoms with Gasteiger partial charge in [-0.25, -0.2) is 0 Å². The van der Waals surface area contributed by atoms with E-state index in [9.17, 15) is 9.59 Å². The normalized spacial score (nSPS) is 14.0. The van der Waals surface area contributed by atoms with Gasteiger partial charge in [0.15, 0.2) is 5.78 Å². The van der Waals surface area contributed by atoms with E-state index in [1.54, 1.807) is 12.3 Å². The number of nitrogens with one attached hydrogen (secondary N) is 1. The highest BCUT2D eigenvalue weighted by Gasteiger charge is 2.24.